The molecule has 1 aromatic heterocycles. The van der Waals surface area contributed by atoms with Crippen molar-refractivity contribution in [3.05, 3.63) is 53.7 Å². The molecule has 1 aromatic carbocycles. The number of allylic oxidation sites excluding steroid dienone is 1. The zero-order valence-electron chi connectivity index (χ0n) is 15.0. The number of hydrogen-bond donors (Lipinski definition) is 1. The quantitative estimate of drug-likeness (QED) is 0.634. The van der Waals surface area contributed by atoms with Gasteiger partial charge in [-0.05, 0) is 51.2 Å². The van der Waals surface area contributed by atoms with Gasteiger partial charge in [0.2, 0.25) is 0 Å². The third kappa shape index (κ3) is 4.69. The first-order valence-corrected chi connectivity index (χ1v) is 9.16. The molecule has 1 amide bonds. The van der Waals surface area contributed by atoms with Crippen LogP contribution in [-0.4, -0.2) is 29.5 Å². The van der Waals surface area contributed by atoms with Crippen molar-refractivity contribution in [3.63, 3.8) is 0 Å². The van der Waals surface area contributed by atoms with Crippen LogP contribution in [0.25, 0.3) is 10.9 Å². The van der Waals surface area contributed by atoms with Gasteiger partial charge in [-0.3, -0.25) is 4.79 Å². The Morgan fingerprint density at radius 3 is 2.85 bits per heavy atom. The van der Waals surface area contributed by atoms with Crippen molar-refractivity contribution in [1.82, 2.24) is 10.3 Å². The molecule has 1 atom stereocenters. The Kier molecular flexibility index (Phi) is 6.00. The van der Waals surface area contributed by atoms with Gasteiger partial charge in [0.1, 0.15) is 5.69 Å². The van der Waals surface area contributed by atoms with Gasteiger partial charge in [0.05, 0.1) is 5.52 Å². The molecular weight excluding hydrogens is 328 g/mol. The molecule has 0 bridgehead atoms. The fraction of sp³-hybridized carbons (Fsp3) is 0.381. The molecule has 0 saturated heterocycles. The summed E-state index contributed by atoms with van der Waals surface area (Å²) in [6.07, 6.45) is 7.02. The van der Waals surface area contributed by atoms with Gasteiger partial charge in [-0.15, -0.1) is 0 Å². The molecule has 136 valence electrons. The number of esters is 1. The van der Waals surface area contributed by atoms with Crippen molar-refractivity contribution in [2.45, 2.75) is 45.1 Å². The van der Waals surface area contributed by atoms with Crippen molar-refractivity contribution in [2.75, 3.05) is 6.54 Å². The number of nitrogens with one attached hydrogen (secondary N) is 1. The smallest absolute Gasteiger partial charge is 0.357 e. The maximum Gasteiger partial charge on any atom is 0.357 e. The lowest BCUT2D eigenvalue weighted by Crippen LogP contribution is -2.36. The number of rotatable bonds is 6. The van der Waals surface area contributed by atoms with Crippen molar-refractivity contribution >= 4 is 22.8 Å². The molecule has 0 fully saturated rings. The monoisotopic (exact) mass is 352 g/mol. The molecule has 5 heteroatoms. The van der Waals surface area contributed by atoms with E-state index in [2.05, 4.69) is 16.4 Å². The predicted octanol–water partition coefficient (Wildman–Crippen LogP) is 3.79. The van der Waals surface area contributed by atoms with Crippen molar-refractivity contribution in [1.29, 1.82) is 0 Å². The van der Waals surface area contributed by atoms with Crippen LogP contribution in [0.5, 0.6) is 0 Å². The summed E-state index contributed by atoms with van der Waals surface area (Å²) < 4.78 is 5.26. The Bertz CT molecular complexity index is 829. The van der Waals surface area contributed by atoms with Gasteiger partial charge in [0.25, 0.3) is 5.91 Å². The minimum atomic E-state index is -0.851. The van der Waals surface area contributed by atoms with Gasteiger partial charge >= 0.3 is 5.97 Å². The van der Waals surface area contributed by atoms with Crippen molar-refractivity contribution in [2.24, 2.45) is 0 Å². The molecule has 2 aromatic rings. The molecule has 0 saturated carbocycles. The van der Waals surface area contributed by atoms with Crippen molar-refractivity contribution in [3.8, 4) is 0 Å². The van der Waals surface area contributed by atoms with Gasteiger partial charge in [0, 0.05) is 11.9 Å². The number of fused-ring (bicyclic) bond motifs is 1. The number of hydrogen-bond acceptors (Lipinski definition) is 4. The SMILES string of the molecule is C[C@H](OC(=O)c1ccc2ccccc2n1)C(=O)NCCC1=CCCCC1. The standard InChI is InChI=1S/C21H24N2O3/c1-15(20(24)22-14-13-16-7-3-2-4-8-16)26-21(25)19-12-11-17-9-5-6-10-18(17)23-19/h5-7,9-12,15H,2-4,8,13-14H2,1H3,(H,22,24)/t15-/m0/s1. The largest absolute Gasteiger partial charge is 0.448 e. The number of nitrogens with zero attached hydrogens (tertiary/aromatic N) is 1. The summed E-state index contributed by atoms with van der Waals surface area (Å²) >= 11 is 0. The lowest BCUT2D eigenvalue weighted by molar-refractivity contribution is -0.129. The number of pyridine rings is 1. The van der Waals surface area contributed by atoms with Crippen LogP contribution in [0, 0.1) is 0 Å². The van der Waals surface area contributed by atoms with E-state index < -0.39 is 12.1 Å². The molecular formula is C21H24N2O3. The van der Waals surface area contributed by atoms with Gasteiger partial charge in [-0.2, -0.15) is 0 Å². The van der Waals surface area contributed by atoms with Gasteiger partial charge < -0.3 is 10.1 Å². The van der Waals surface area contributed by atoms with E-state index in [4.69, 9.17) is 4.74 Å². The molecule has 1 aliphatic carbocycles. The number of aromatic nitrogens is 1. The number of carbonyl (C=O) groups excluding carboxylic acids is 2. The average Bonchev–Trinajstić information content (AvgIpc) is 2.68. The molecule has 1 N–H and O–H groups in total. The molecule has 0 unspecified atom stereocenters. The summed E-state index contributed by atoms with van der Waals surface area (Å²) in [5.41, 5.74) is 2.33. The Labute approximate surface area is 153 Å². The van der Waals surface area contributed by atoms with E-state index >= 15 is 0 Å². The first-order chi connectivity index (χ1) is 12.6. The highest BCUT2D eigenvalue weighted by atomic mass is 16.5. The zero-order chi connectivity index (χ0) is 18.4. The summed E-state index contributed by atoms with van der Waals surface area (Å²) in [5.74, 6) is -0.871. The number of carbonyl (C=O) groups is 2. The molecule has 0 spiro atoms. The van der Waals surface area contributed by atoms with E-state index in [0.717, 1.165) is 30.2 Å². The summed E-state index contributed by atoms with van der Waals surface area (Å²) in [6, 6.07) is 11.0. The molecule has 5 nitrogen and oxygen atoms in total. The first kappa shape index (κ1) is 18.1. The number of ether oxygens (including phenoxy) is 1. The lowest BCUT2D eigenvalue weighted by atomic mass is 9.97. The second-order valence-corrected chi connectivity index (χ2v) is 6.59. The Hall–Kier alpha value is -2.69. The fourth-order valence-electron chi connectivity index (χ4n) is 3.08. The Morgan fingerprint density at radius 1 is 1.19 bits per heavy atom. The third-order valence-electron chi connectivity index (χ3n) is 4.59. The fourth-order valence-corrected chi connectivity index (χ4v) is 3.08. The minimum absolute atomic E-state index is 0.204. The van der Waals surface area contributed by atoms with E-state index in [-0.39, 0.29) is 11.6 Å². The number of benzene rings is 1. The van der Waals surface area contributed by atoms with Crippen LogP contribution in [0.2, 0.25) is 0 Å². The lowest BCUT2D eigenvalue weighted by Gasteiger charge is -2.15. The Morgan fingerprint density at radius 2 is 2.04 bits per heavy atom. The Balaban J connectivity index is 1.50. The average molecular weight is 352 g/mol. The molecule has 3 rings (SSSR count). The second-order valence-electron chi connectivity index (χ2n) is 6.59. The van der Waals surface area contributed by atoms with Crippen LogP contribution >= 0.6 is 0 Å². The minimum Gasteiger partial charge on any atom is -0.448 e. The van der Waals surface area contributed by atoms with Gasteiger partial charge in [-0.25, -0.2) is 9.78 Å². The summed E-state index contributed by atoms with van der Waals surface area (Å²) in [4.78, 5) is 28.7. The third-order valence-corrected chi connectivity index (χ3v) is 4.59. The maximum absolute atomic E-state index is 12.3. The topological polar surface area (TPSA) is 68.3 Å². The van der Waals surface area contributed by atoms with Crippen LogP contribution in [0.3, 0.4) is 0 Å². The highest BCUT2D eigenvalue weighted by Crippen LogP contribution is 2.19. The normalized spacial score (nSPS) is 15.2. The van der Waals surface area contributed by atoms with E-state index in [9.17, 15) is 9.59 Å². The number of amides is 1. The predicted molar refractivity (Wildman–Crippen MR) is 101 cm³/mol. The van der Waals surface area contributed by atoms with Crippen LogP contribution < -0.4 is 5.32 Å². The molecule has 0 radical (unpaired) electrons. The van der Waals surface area contributed by atoms with Gasteiger partial charge in [-0.1, -0.05) is 35.9 Å². The van der Waals surface area contributed by atoms with Gasteiger partial charge in [0.15, 0.2) is 6.10 Å². The summed E-state index contributed by atoms with van der Waals surface area (Å²) in [5, 5.41) is 3.79. The first-order valence-electron chi connectivity index (χ1n) is 9.16. The second kappa shape index (κ2) is 8.61. The summed E-state index contributed by atoms with van der Waals surface area (Å²) in [6.45, 7) is 2.15. The van der Waals surface area contributed by atoms with E-state index in [1.165, 1.54) is 18.4 Å². The maximum atomic E-state index is 12.3. The van der Waals surface area contributed by atoms with E-state index in [0.29, 0.717) is 6.54 Å². The highest BCUT2D eigenvalue weighted by Gasteiger charge is 2.19. The van der Waals surface area contributed by atoms with E-state index in [1.807, 2.05) is 30.3 Å². The molecule has 0 aliphatic heterocycles. The van der Waals surface area contributed by atoms with Crippen LogP contribution in [0.15, 0.2) is 48.0 Å². The van der Waals surface area contributed by atoms with E-state index in [1.54, 1.807) is 13.0 Å². The molecule has 26 heavy (non-hydrogen) atoms. The summed E-state index contributed by atoms with van der Waals surface area (Å²) in [7, 11) is 0. The molecule has 1 aliphatic rings. The number of para-hydroxylation sites is 1. The van der Waals surface area contributed by atoms with Crippen LogP contribution in [0.1, 0.15) is 49.5 Å². The van der Waals surface area contributed by atoms with Crippen LogP contribution in [-0.2, 0) is 9.53 Å². The van der Waals surface area contributed by atoms with Crippen molar-refractivity contribution < 1.29 is 14.3 Å². The van der Waals surface area contributed by atoms with Crippen LogP contribution in [0.4, 0.5) is 0 Å². The highest BCUT2D eigenvalue weighted by molar-refractivity contribution is 5.93. The zero-order valence-corrected chi connectivity index (χ0v) is 15.0. The molecule has 1 heterocycles.